The van der Waals surface area contributed by atoms with Crippen molar-refractivity contribution in [2.45, 2.75) is 13.0 Å². The highest BCUT2D eigenvalue weighted by molar-refractivity contribution is 6.31. The van der Waals surface area contributed by atoms with E-state index >= 15 is 0 Å². The van der Waals surface area contributed by atoms with E-state index in [2.05, 4.69) is 5.32 Å². The average Bonchev–Trinajstić information content (AvgIpc) is 3.49. The van der Waals surface area contributed by atoms with E-state index in [0.717, 1.165) is 0 Å². The molecule has 0 aliphatic carbocycles. The van der Waals surface area contributed by atoms with E-state index in [1.54, 1.807) is 48.5 Å². The topological polar surface area (TPSA) is 106 Å². The molecule has 1 N–H and O–H groups in total. The van der Waals surface area contributed by atoms with E-state index in [9.17, 15) is 19.2 Å². The van der Waals surface area contributed by atoms with Gasteiger partial charge in [0.05, 0.1) is 24.4 Å². The Morgan fingerprint density at radius 3 is 2.62 bits per heavy atom. The number of amides is 2. The lowest BCUT2D eigenvalue weighted by molar-refractivity contribution is -0.151. The third-order valence-electron chi connectivity index (χ3n) is 5.36. The lowest BCUT2D eigenvalue weighted by Gasteiger charge is -2.15. The fourth-order valence-electron chi connectivity index (χ4n) is 3.67. The zero-order valence-electron chi connectivity index (χ0n) is 18.0. The summed E-state index contributed by atoms with van der Waals surface area (Å²) in [6, 6.07) is 16.6. The maximum Gasteiger partial charge on any atom is 0.311 e. The summed E-state index contributed by atoms with van der Waals surface area (Å²) in [5.41, 5.74) is 0.907. The molecule has 0 radical (unpaired) electrons. The van der Waals surface area contributed by atoms with Crippen LogP contribution >= 0.6 is 11.6 Å². The minimum absolute atomic E-state index is 0.00801. The number of rotatable bonds is 8. The normalized spacial score (nSPS) is 15.3. The zero-order chi connectivity index (χ0) is 24.1. The third kappa shape index (κ3) is 5.52. The second kappa shape index (κ2) is 10.4. The molecule has 8 nitrogen and oxygen atoms in total. The number of carbonyl (C=O) groups excluding carboxylic acids is 4. The predicted molar refractivity (Wildman–Crippen MR) is 123 cm³/mol. The fraction of sp³-hybridized carbons (Fsp3) is 0.200. The van der Waals surface area contributed by atoms with Crippen LogP contribution in [0.5, 0.6) is 0 Å². The number of hydrogen-bond donors (Lipinski definition) is 1. The summed E-state index contributed by atoms with van der Waals surface area (Å²) in [7, 11) is 0. The highest BCUT2D eigenvalue weighted by atomic mass is 35.5. The van der Waals surface area contributed by atoms with Crippen LogP contribution in [0.2, 0.25) is 5.02 Å². The van der Waals surface area contributed by atoms with Crippen LogP contribution in [0.15, 0.2) is 71.3 Å². The molecule has 3 aromatic rings. The number of nitrogens with one attached hydrogen (secondary N) is 1. The van der Waals surface area contributed by atoms with Crippen LogP contribution < -0.4 is 5.32 Å². The number of ketones is 1. The molecule has 2 amide bonds. The molecule has 0 bridgehead atoms. The molecule has 2 aromatic carbocycles. The van der Waals surface area contributed by atoms with Crippen molar-refractivity contribution in [3.63, 3.8) is 0 Å². The van der Waals surface area contributed by atoms with Crippen molar-refractivity contribution in [2.75, 3.05) is 18.5 Å². The van der Waals surface area contributed by atoms with Crippen molar-refractivity contribution >= 4 is 40.9 Å². The van der Waals surface area contributed by atoms with Crippen LogP contribution in [0.3, 0.4) is 0 Å². The first-order valence-corrected chi connectivity index (χ1v) is 10.9. The number of likely N-dealkylation sites (tertiary alicyclic amines) is 1. The Hall–Kier alpha value is -3.91. The van der Waals surface area contributed by atoms with E-state index in [1.165, 1.54) is 23.3 Å². The lowest BCUT2D eigenvalue weighted by atomic mass is 10.0. The highest BCUT2D eigenvalue weighted by Gasteiger charge is 2.36. The van der Waals surface area contributed by atoms with E-state index in [-0.39, 0.29) is 42.5 Å². The second-order valence-corrected chi connectivity index (χ2v) is 8.23. The first-order valence-electron chi connectivity index (χ1n) is 10.6. The average molecular weight is 481 g/mol. The molecule has 1 atom stereocenters. The Balaban J connectivity index is 1.34. The molecule has 2 heterocycles. The smallest absolute Gasteiger partial charge is 0.311 e. The van der Waals surface area contributed by atoms with Crippen molar-refractivity contribution in [2.24, 2.45) is 5.92 Å². The Labute approximate surface area is 200 Å². The van der Waals surface area contributed by atoms with Gasteiger partial charge in [0.1, 0.15) is 5.76 Å². The molecule has 9 heteroatoms. The summed E-state index contributed by atoms with van der Waals surface area (Å²) in [4.78, 5) is 51.5. The third-order valence-corrected chi connectivity index (χ3v) is 5.59. The van der Waals surface area contributed by atoms with Gasteiger partial charge in [-0.05, 0) is 30.3 Å². The zero-order valence-corrected chi connectivity index (χ0v) is 18.8. The Morgan fingerprint density at radius 1 is 1.09 bits per heavy atom. The second-order valence-electron chi connectivity index (χ2n) is 7.80. The van der Waals surface area contributed by atoms with Crippen molar-refractivity contribution in [3.05, 3.63) is 88.8 Å². The molecule has 1 aliphatic rings. The molecule has 174 valence electrons. The number of carbonyl (C=O) groups is 4. The van der Waals surface area contributed by atoms with Gasteiger partial charge in [-0.15, -0.1) is 0 Å². The number of esters is 1. The minimum Gasteiger partial charge on any atom is -0.467 e. The van der Waals surface area contributed by atoms with Crippen LogP contribution in [-0.4, -0.2) is 41.6 Å². The monoisotopic (exact) mass is 480 g/mol. The maximum absolute atomic E-state index is 12.9. The van der Waals surface area contributed by atoms with Gasteiger partial charge in [-0.25, -0.2) is 0 Å². The maximum atomic E-state index is 12.9. The van der Waals surface area contributed by atoms with E-state index < -0.39 is 24.4 Å². The fourth-order valence-corrected chi connectivity index (χ4v) is 3.84. The van der Waals surface area contributed by atoms with Gasteiger partial charge in [0.25, 0.3) is 5.91 Å². The molecule has 34 heavy (non-hydrogen) atoms. The summed E-state index contributed by atoms with van der Waals surface area (Å²) in [5.74, 6) is -1.80. The first kappa shape index (κ1) is 23.3. The van der Waals surface area contributed by atoms with Gasteiger partial charge in [0.15, 0.2) is 12.4 Å². The molecule has 0 spiro atoms. The van der Waals surface area contributed by atoms with Gasteiger partial charge in [-0.3, -0.25) is 19.2 Å². The SMILES string of the molecule is O=C(COC(=O)[C@H]1CC(=O)N(Cc2ccco2)C1)Nc1ccc(Cl)cc1C(=O)c1ccccc1. The number of nitrogens with zero attached hydrogens (tertiary/aromatic N) is 1. The van der Waals surface area contributed by atoms with Crippen LogP contribution in [-0.2, 0) is 25.7 Å². The van der Waals surface area contributed by atoms with Crippen LogP contribution in [0.25, 0.3) is 0 Å². The standard InChI is InChI=1S/C25H21ClN2O6/c26-18-8-9-21(20(12-18)24(31)16-5-2-1-3-6-16)27-22(29)15-34-25(32)17-11-23(30)28(13-17)14-19-7-4-10-33-19/h1-10,12,17H,11,13-15H2,(H,27,29)/t17-/m0/s1. The minimum atomic E-state index is -0.666. The van der Waals surface area contributed by atoms with E-state index in [1.807, 2.05) is 0 Å². The molecular formula is C25H21ClN2O6. The highest BCUT2D eigenvalue weighted by Crippen LogP contribution is 2.24. The number of furan rings is 1. The van der Waals surface area contributed by atoms with Gasteiger partial charge >= 0.3 is 5.97 Å². The van der Waals surface area contributed by atoms with Gasteiger partial charge in [-0.1, -0.05) is 41.9 Å². The molecule has 1 fully saturated rings. The summed E-state index contributed by atoms with van der Waals surface area (Å²) in [6.45, 7) is -0.0961. The number of hydrogen-bond acceptors (Lipinski definition) is 6. The van der Waals surface area contributed by atoms with Crippen LogP contribution in [0.4, 0.5) is 5.69 Å². The molecule has 0 saturated carbocycles. The summed E-state index contributed by atoms with van der Waals surface area (Å²) in [5, 5.41) is 2.94. The molecule has 1 saturated heterocycles. The molecular weight excluding hydrogens is 460 g/mol. The predicted octanol–water partition coefficient (Wildman–Crippen LogP) is 3.69. The summed E-state index contributed by atoms with van der Waals surface area (Å²) in [6.07, 6.45) is 1.52. The Kier molecular flexibility index (Phi) is 7.08. The Bertz CT molecular complexity index is 1210. The summed E-state index contributed by atoms with van der Waals surface area (Å²) < 4.78 is 10.4. The molecule has 1 aromatic heterocycles. The van der Waals surface area contributed by atoms with E-state index in [4.69, 9.17) is 20.8 Å². The number of ether oxygens (including phenoxy) is 1. The van der Waals surface area contributed by atoms with Crippen LogP contribution in [0.1, 0.15) is 28.1 Å². The largest absolute Gasteiger partial charge is 0.467 e. The van der Waals surface area contributed by atoms with Gasteiger partial charge in [0, 0.05) is 29.1 Å². The van der Waals surface area contributed by atoms with Crippen LogP contribution in [0, 0.1) is 5.92 Å². The first-order chi connectivity index (χ1) is 16.4. The molecule has 4 rings (SSSR count). The number of anilines is 1. The quantitative estimate of drug-likeness (QED) is 0.389. The van der Waals surface area contributed by atoms with E-state index in [0.29, 0.717) is 16.3 Å². The van der Waals surface area contributed by atoms with Crippen molar-refractivity contribution < 1.29 is 28.3 Å². The Morgan fingerprint density at radius 2 is 1.88 bits per heavy atom. The van der Waals surface area contributed by atoms with Gasteiger partial charge < -0.3 is 19.4 Å². The lowest BCUT2D eigenvalue weighted by Crippen LogP contribution is -2.28. The number of benzene rings is 2. The number of halogens is 1. The summed E-state index contributed by atoms with van der Waals surface area (Å²) >= 11 is 6.06. The van der Waals surface area contributed by atoms with Crippen molar-refractivity contribution in [1.29, 1.82) is 0 Å². The molecule has 1 aliphatic heterocycles. The van der Waals surface area contributed by atoms with Crippen molar-refractivity contribution in [1.82, 2.24) is 4.90 Å². The van der Waals surface area contributed by atoms with Crippen molar-refractivity contribution in [3.8, 4) is 0 Å². The van der Waals surface area contributed by atoms with Gasteiger partial charge in [0.2, 0.25) is 5.91 Å². The molecule has 0 unspecified atom stereocenters. The van der Waals surface area contributed by atoms with Gasteiger partial charge in [-0.2, -0.15) is 0 Å².